The lowest BCUT2D eigenvalue weighted by atomic mass is 9.78. The predicted octanol–water partition coefficient (Wildman–Crippen LogP) is 7.98. The van der Waals surface area contributed by atoms with Crippen LogP contribution >= 0.6 is 0 Å². The molecule has 4 aromatic heterocycles. The Balaban J connectivity index is 0.00000295. The zero-order valence-corrected chi connectivity index (χ0v) is 25.9. The lowest BCUT2D eigenvalue weighted by Gasteiger charge is -2.27. The monoisotopic (exact) mass is 624 g/mol. The van der Waals surface area contributed by atoms with Crippen LogP contribution in [-0.2, 0) is 25.7 Å². The number of hydrogen-bond donors (Lipinski definition) is 0. The zero-order chi connectivity index (χ0) is 30.6. The molecule has 7 heteroatoms. The van der Waals surface area contributed by atoms with Crippen LogP contribution in [0, 0.1) is 0 Å². The van der Waals surface area contributed by atoms with Crippen molar-refractivity contribution in [2.24, 2.45) is 0 Å². The Kier molecular flexibility index (Phi) is 5.69. The first-order valence-corrected chi connectivity index (χ1v) is 16.2. The number of aromatic nitrogens is 4. The first-order chi connectivity index (χ1) is 23.3. The van der Waals surface area contributed by atoms with Crippen molar-refractivity contribution in [3.63, 3.8) is 0 Å². The van der Waals surface area contributed by atoms with Gasteiger partial charge < -0.3 is 14.9 Å². The molecule has 0 fully saturated rings. The Morgan fingerprint density at radius 2 is 0.896 bits per heavy atom. The van der Waals surface area contributed by atoms with E-state index < -0.39 is 0 Å². The number of aryl methyl sites for hydroxylation is 4. The van der Waals surface area contributed by atoms with Crippen LogP contribution in [0.3, 0.4) is 0 Å². The first-order valence-electron chi connectivity index (χ1n) is 16.2. The Bertz CT molecular complexity index is 2500. The molecular formula is C41H28N4O3. The molecule has 11 rings (SSSR count). The smallest absolute Gasteiger partial charge is 0.230 e. The number of pyridine rings is 4. The summed E-state index contributed by atoms with van der Waals surface area (Å²) >= 11 is 0. The second-order valence-electron chi connectivity index (χ2n) is 12.8. The van der Waals surface area contributed by atoms with E-state index in [9.17, 15) is 0 Å². The molecule has 0 saturated carbocycles. The van der Waals surface area contributed by atoms with Gasteiger partial charge in [-0.05, 0) is 84.3 Å². The molecule has 0 amide bonds. The molecule has 2 aliphatic carbocycles. The minimum atomic E-state index is 0. The van der Waals surface area contributed by atoms with Gasteiger partial charge in [-0.15, -0.1) is 0 Å². The highest BCUT2D eigenvalue weighted by molar-refractivity contribution is 6.08. The maximum absolute atomic E-state index is 6.38. The van der Waals surface area contributed by atoms with E-state index in [1.54, 1.807) is 0 Å². The van der Waals surface area contributed by atoms with Gasteiger partial charge in [-0.2, -0.15) is 0 Å². The first kappa shape index (κ1) is 27.2. The number of hydrogen-bond acceptors (Lipinski definition) is 6. The van der Waals surface area contributed by atoms with Gasteiger partial charge in [0, 0.05) is 56.2 Å². The van der Waals surface area contributed by atoms with Gasteiger partial charge in [0.15, 0.2) is 0 Å². The summed E-state index contributed by atoms with van der Waals surface area (Å²) in [5, 5.41) is 4.40. The second-order valence-corrected chi connectivity index (χ2v) is 12.8. The van der Waals surface area contributed by atoms with Crippen molar-refractivity contribution in [2.75, 3.05) is 6.79 Å². The highest BCUT2D eigenvalue weighted by Gasteiger charge is 2.33. The number of benzene rings is 4. The Morgan fingerprint density at radius 3 is 1.40 bits per heavy atom. The van der Waals surface area contributed by atoms with Crippen LogP contribution in [0.5, 0.6) is 11.5 Å². The molecule has 0 radical (unpaired) electrons. The minimum absolute atomic E-state index is 0. The maximum Gasteiger partial charge on any atom is 0.230 e. The van der Waals surface area contributed by atoms with Gasteiger partial charge in [-0.25, -0.2) is 9.97 Å². The number of nitrogens with zero attached hydrogens (tertiary/aromatic N) is 4. The Morgan fingerprint density at radius 1 is 0.438 bits per heavy atom. The van der Waals surface area contributed by atoms with Crippen LogP contribution in [-0.4, -0.2) is 32.2 Å². The highest BCUT2D eigenvalue weighted by Crippen LogP contribution is 2.54. The van der Waals surface area contributed by atoms with E-state index in [0.29, 0.717) is 0 Å². The molecule has 230 valence electrons. The van der Waals surface area contributed by atoms with Crippen molar-refractivity contribution in [1.29, 1.82) is 0 Å². The third-order valence-corrected chi connectivity index (χ3v) is 10.3. The average molecular weight is 625 g/mol. The van der Waals surface area contributed by atoms with Crippen molar-refractivity contribution < 1.29 is 14.9 Å². The predicted molar refractivity (Wildman–Crippen MR) is 189 cm³/mol. The van der Waals surface area contributed by atoms with E-state index in [1.807, 2.05) is 24.5 Å². The molecule has 4 aromatic carbocycles. The van der Waals surface area contributed by atoms with E-state index in [1.165, 1.54) is 22.3 Å². The fraction of sp³-hybridized carbons (Fsp3) is 0.122. The van der Waals surface area contributed by atoms with Crippen LogP contribution in [0.1, 0.15) is 22.3 Å². The molecule has 0 unspecified atom stereocenters. The fourth-order valence-electron chi connectivity index (χ4n) is 8.10. The lowest BCUT2D eigenvalue weighted by Crippen LogP contribution is -2.11. The quantitative estimate of drug-likeness (QED) is 0.159. The molecular weight excluding hydrogens is 596 g/mol. The van der Waals surface area contributed by atoms with Crippen LogP contribution in [0.2, 0.25) is 0 Å². The molecule has 2 N–H and O–H groups in total. The Labute approximate surface area is 275 Å². The molecule has 48 heavy (non-hydrogen) atoms. The third kappa shape index (κ3) is 3.73. The Hall–Kier alpha value is -5.92. The maximum atomic E-state index is 6.38. The third-order valence-electron chi connectivity index (χ3n) is 10.3. The van der Waals surface area contributed by atoms with E-state index >= 15 is 0 Å². The number of rotatable bonds is 0. The van der Waals surface area contributed by atoms with Crippen LogP contribution in [0.4, 0.5) is 0 Å². The molecule has 0 saturated heterocycles. The van der Waals surface area contributed by atoms with Crippen molar-refractivity contribution in [1.82, 2.24) is 19.9 Å². The fourth-order valence-corrected chi connectivity index (χ4v) is 8.10. The molecule has 0 atom stereocenters. The largest absolute Gasteiger partial charge is 0.457 e. The summed E-state index contributed by atoms with van der Waals surface area (Å²) in [6.07, 6.45) is 7.41. The summed E-state index contributed by atoms with van der Waals surface area (Å²) in [6.45, 7) is 0.136. The standard InChI is InChI=1S/C41H26N4O2.H2O/c1-3-24-7-11-28-19-26-9-5-22-13-15-30-34(32(22)36(26)44-40(28)38(24)42-17-1)35-31(47-21-46-30)16-14-23-6-10-27-20-29-12-8-25-4-2-18-43-39(25)41(29)45-37(27)33(23)35;/h1-4,7-8,11-20H,5-6,9-10,21H2;1H2. The molecule has 7 nitrogen and oxygen atoms in total. The van der Waals surface area contributed by atoms with E-state index in [-0.39, 0.29) is 12.3 Å². The highest BCUT2D eigenvalue weighted by atomic mass is 16.7. The molecule has 0 spiro atoms. The molecule has 5 heterocycles. The van der Waals surface area contributed by atoms with Crippen LogP contribution in [0.25, 0.3) is 77.3 Å². The van der Waals surface area contributed by atoms with E-state index in [0.717, 1.165) is 114 Å². The van der Waals surface area contributed by atoms with Gasteiger partial charge >= 0.3 is 0 Å². The van der Waals surface area contributed by atoms with E-state index in [2.05, 4.69) is 72.8 Å². The molecule has 8 aromatic rings. The minimum Gasteiger partial charge on any atom is -0.457 e. The number of fused-ring (bicyclic) bond motifs is 17. The van der Waals surface area contributed by atoms with E-state index in [4.69, 9.17) is 29.4 Å². The zero-order valence-electron chi connectivity index (χ0n) is 25.9. The average Bonchev–Trinajstić information content (AvgIpc) is 3.32. The molecule has 1 aliphatic heterocycles. The topological polar surface area (TPSA) is 102 Å². The summed E-state index contributed by atoms with van der Waals surface area (Å²) in [6, 6.07) is 30.1. The van der Waals surface area contributed by atoms with Crippen LogP contribution < -0.4 is 9.47 Å². The van der Waals surface area contributed by atoms with Crippen molar-refractivity contribution in [3.8, 4) is 45.1 Å². The van der Waals surface area contributed by atoms with Gasteiger partial charge in [0.1, 0.15) is 11.5 Å². The van der Waals surface area contributed by atoms with Gasteiger partial charge in [0.2, 0.25) is 6.79 Å². The van der Waals surface area contributed by atoms with Gasteiger partial charge in [0.05, 0.1) is 33.5 Å². The van der Waals surface area contributed by atoms with Gasteiger partial charge in [0.25, 0.3) is 0 Å². The van der Waals surface area contributed by atoms with Crippen LogP contribution in [0.15, 0.2) is 97.3 Å². The lowest BCUT2D eigenvalue weighted by molar-refractivity contribution is 0.125. The van der Waals surface area contributed by atoms with Crippen molar-refractivity contribution in [2.45, 2.75) is 25.7 Å². The van der Waals surface area contributed by atoms with Crippen molar-refractivity contribution in [3.05, 3.63) is 120 Å². The molecule has 0 bridgehead atoms. The number of ether oxygens (including phenoxy) is 2. The molecule has 3 aliphatic rings. The summed E-state index contributed by atoms with van der Waals surface area (Å²) in [7, 11) is 0. The van der Waals surface area contributed by atoms with Gasteiger partial charge in [-0.1, -0.05) is 48.5 Å². The van der Waals surface area contributed by atoms with Gasteiger partial charge in [-0.3, -0.25) is 9.97 Å². The summed E-state index contributed by atoms with van der Waals surface area (Å²) in [5.41, 5.74) is 15.0. The summed E-state index contributed by atoms with van der Waals surface area (Å²) in [4.78, 5) is 20.4. The van der Waals surface area contributed by atoms with Crippen molar-refractivity contribution >= 4 is 43.6 Å². The summed E-state index contributed by atoms with van der Waals surface area (Å²) < 4.78 is 12.8. The second kappa shape index (κ2) is 10.0. The summed E-state index contributed by atoms with van der Waals surface area (Å²) in [5.74, 6) is 1.61. The normalized spacial score (nSPS) is 14.0. The SMILES string of the molecule is O.c1cnc2c(c1)ccc1cc3c(nc12)-c1c(ccc2c1-c1c(ccc4c1-c1nc5c(ccc6cccnc65)cc1CC4)OCO2)CC3.